The van der Waals surface area contributed by atoms with Crippen LogP contribution in [0.3, 0.4) is 0 Å². The quantitative estimate of drug-likeness (QED) is 0.0565. The number of halogens is 1. The fourth-order valence-corrected chi connectivity index (χ4v) is 8.97. The van der Waals surface area contributed by atoms with Gasteiger partial charge in [-0.2, -0.15) is 0 Å². The van der Waals surface area contributed by atoms with Gasteiger partial charge in [0, 0.05) is 71.8 Å². The summed E-state index contributed by atoms with van der Waals surface area (Å²) in [5.41, 5.74) is 5.68. The molecule has 0 radical (unpaired) electrons. The molecule has 0 spiro atoms. The fraction of sp³-hybridized carbons (Fsp3) is 0.225. The van der Waals surface area contributed by atoms with Gasteiger partial charge in [-0.1, -0.05) is 66.2 Å². The van der Waals surface area contributed by atoms with E-state index in [4.69, 9.17) is 11.6 Å². The zero-order valence-corrected chi connectivity index (χ0v) is 31.2. The molecule has 1 atom stereocenters. The van der Waals surface area contributed by atoms with Crippen molar-refractivity contribution in [2.24, 2.45) is 0 Å². The van der Waals surface area contributed by atoms with Crippen molar-refractivity contribution in [2.75, 3.05) is 42.1 Å². The SMILES string of the molecule is O=C(NS(=O)(=O)c1ccc(NCCSc2ccccc2)c([N+](=O)[O-])c1)c1ccc2c(c1)CC[C@H]1CN(Cc3ccccc3-c3ccc(Cl)cc3)CCN21. The number of anilines is 2. The van der Waals surface area contributed by atoms with E-state index < -0.39 is 20.9 Å². The van der Waals surface area contributed by atoms with Gasteiger partial charge in [0.2, 0.25) is 0 Å². The molecule has 10 nitrogen and oxygen atoms in total. The molecule has 2 aliphatic heterocycles. The van der Waals surface area contributed by atoms with Crippen LogP contribution in [-0.2, 0) is 23.0 Å². The summed E-state index contributed by atoms with van der Waals surface area (Å²) in [6.45, 7) is 3.87. The van der Waals surface area contributed by atoms with Crippen LogP contribution in [0.15, 0.2) is 125 Å². The highest BCUT2D eigenvalue weighted by Crippen LogP contribution is 2.35. The number of benzene rings is 5. The molecule has 2 aliphatic rings. The van der Waals surface area contributed by atoms with Crippen molar-refractivity contribution in [1.82, 2.24) is 9.62 Å². The van der Waals surface area contributed by atoms with Crippen LogP contribution in [0.5, 0.6) is 0 Å². The molecule has 1 saturated heterocycles. The number of hydrogen-bond acceptors (Lipinski definition) is 9. The normalized spacial score (nSPS) is 15.6. The van der Waals surface area contributed by atoms with Crippen molar-refractivity contribution < 1.29 is 18.1 Å². The Bertz CT molecular complexity index is 2240. The average Bonchev–Trinajstić information content (AvgIpc) is 3.17. The van der Waals surface area contributed by atoms with Gasteiger partial charge in [-0.15, -0.1) is 11.8 Å². The van der Waals surface area contributed by atoms with E-state index in [-0.39, 0.29) is 21.8 Å². The van der Waals surface area contributed by atoms with Crippen LogP contribution in [0.2, 0.25) is 5.02 Å². The second-order valence-corrected chi connectivity index (χ2v) is 16.4. The molecule has 0 aromatic heterocycles. The molecule has 2 heterocycles. The predicted molar refractivity (Wildman–Crippen MR) is 211 cm³/mol. The lowest BCUT2D eigenvalue weighted by Crippen LogP contribution is -2.54. The Morgan fingerprint density at radius 1 is 0.925 bits per heavy atom. The lowest BCUT2D eigenvalue weighted by atomic mass is 9.92. The van der Waals surface area contributed by atoms with Gasteiger partial charge in [0.1, 0.15) is 5.69 Å². The third kappa shape index (κ3) is 8.52. The molecule has 0 saturated carbocycles. The Hall–Kier alpha value is -4.88. The first-order valence-corrected chi connectivity index (χ1v) is 20.2. The molecule has 5 aromatic rings. The summed E-state index contributed by atoms with van der Waals surface area (Å²) >= 11 is 7.73. The van der Waals surface area contributed by atoms with Gasteiger partial charge in [0.05, 0.1) is 9.82 Å². The largest absolute Gasteiger partial charge is 0.379 e. The fourth-order valence-electron chi connectivity index (χ4n) is 7.06. The summed E-state index contributed by atoms with van der Waals surface area (Å²) in [7, 11) is -4.39. The van der Waals surface area contributed by atoms with Crippen LogP contribution >= 0.6 is 23.4 Å². The number of thioether (sulfide) groups is 1. The number of carbonyl (C=O) groups is 1. The third-order valence-corrected chi connectivity index (χ3v) is 12.3. The highest BCUT2D eigenvalue weighted by Gasteiger charge is 2.33. The highest BCUT2D eigenvalue weighted by molar-refractivity contribution is 7.99. The van der Waals surface area contributed by atoms with Crippen LogP contribution in [0, 0.1) is 10.1 Å². The monoisotopic (exact) mass is 767 g/mol. The topological polar surface area (TPSA) is 125 Å². The first-order valence-electron chi connectivity index (χ1n) is 17.4. The molecular weight excluding hydrogens is 730 g/mol. The molecule has 53 heavy (non-hydrogen) atoms. The molecular formula is C40H38ClN5O5S2. The van der Waals surface area contributed by atoms with Crippen molar-refractivity contribution in [1.29, 1.82) is 0 Å². The molecule has 1 fully saturated rings. The number of rotatable bonds is 12. The smallest absolute Gasteiger partial charge is 0.293 e. The summed E-state index contributed by atoms with van der Waals surface area (Å²) < 4.78 is 28.7. The molecule has 0 bridgehead atoms. The van der Waals surface area contributed by atoms with E-state index in [9.17, 15) is 23.3 Å². The minimum absolute atomic E-state index is 0.200. The van der Waals surface area contributed by atoms with Gasteiger partial charge in [0.15, 0.2) is 0 Å². The molecule has 0 aliphatic carbocycles. The van der Waals surface area contributed by atoms with Gasteiger partial charge in [-0.05, 0) is 89.7 Å². The summed E-state index contributed by atoms with van der Waals surface area (Å²) in [6.07, 6.45) is 1.66. The van der Waals surface area contributed by atoms with Crippen LogP contribution in [0.4, 0.5) is 17.1 Å². The number of carbonyl (C=O) groups excluding carboxylic acids is 1. The first kappa shape index (κ1) is 36.5. The Labute approximate surface area is 318 Å². The van der Waals surface area contributed by atoms with Crippen LogP contribution in [0.25, 0.3) is 11.1 Å². The number of aryl methyl sites for hydroxylation is 1. The van der Waals surface area contributed by atoms with E-state index in [0.717, 1.165) is 66.8 Å². The summed E-state index contributed by atoms with van der Waals surface area (Å²) in [6, 6.07) is 35.4. The lowest BCUT2D eigenvalue weighted by molar-refractivity contribution is -0.384. The maximum atomic E-state index is 13.3. The molecule has 1 amide bonds. The number of nitrogens with one attached hydrogen (secondary N) is 2. The van der Waals surface area contributed by atoms with E-state index >= 15 is 0 Å². The second kappa shape index (κ2) is 16.0. The van der Waals surface area contributed by atoms with E-state index in [1.54, 1.807) is 23.9 Å². The Balaban J connectivity index is 0.978. The van der Waals surface area contributed by atoms with Crippen LogP contribution in [0.1, 0.15) is 27.9 Å². The standard InChI is InChI=1S/C40H38ClN5O5S2/c41-32-14-10-28(11-15-32)36-9-5-4-6-31(36)26-44-21-22-45-33(27-44)16-12-29-24-30(13-19-38(29)45)40(47)43-53(50,51)35-17-18-37(39(25-35)46(48)49)42-20-23-52-34-7-2-1-3-8-34/h1-11,13-15,17-19,24-25,33,42H,12,16,20-23,26-27H2,(H,43,47)/t33-/m0/s1. The van der Waals surface area contributed by atoms with Gasteiger partial charge in [-0.25, -0.2) is 13.1 Å². The van der Waals surface area contributed by atoms with E-state index in [1.165, 1.54) is 23.3 Å². The maximum Gasteiger partial charge on any atom is 0.293 e. The van der Waals surface area contributed by atoms with E-state index in [0.29, 0.717) is 23.4 Å². The van der Waals surface area contributed by atoms with E-state index in [1.807, 2.05) is 48.5 Å². The second-order valence-electron chi connectivity index (χ2n) is 13.1. The minimum Gasteiger partial charge on any atom is -0.379 e. The Morgan fingerprint density at radius 2 is 1.70 bits per heavy atom. The van der Waals surface area contributed by atoms with E-state index in [2.05, 4.69) is 56.2 Å². The van der Waals surface area contributed by atoms with Crippen molar-refractivity contribution in [3.8, 4) is 11.1 Å². The number of nitrogens with zero attached hydrogens (tertiary/aromatic N) is 3. The number of nitro groups is 1. The third-order valence-electron chi connectivity index (χ3n) is 9.66. The molecule has 13 heteroatoms. The number of amides is 1. The van der Waals surface area contributed by atoms with Gasteiger partial charge >= 0.3 is 0 Å². The number of sulfonamides is 1. The molecule has 7 rings (SSSR count). The average molecular weight is 768 g/mol. The van der Waals surface area contributed by atoms with Crippen LogP contribution < -0.4 is 14.9 Å². The summed E-state index contributed by atoms with van der Waals surface area (Å²) in [5, 5.41) is 15.6. The molecule has 0 unspecified atom stereocenters. The Morgan fingerprint density at radius 3 is 2.49 bits per heavy atom. The zero-order valence-electron chi connectivity index (χ0n) is 28.8. The van der Waals surface area contributed by atoms with Crippen molar-refractivity contribution in [2.45, 2.75) is 35.2 Å². The summed E-state index contributed by atoms with van der Waals surface area (Å²) in [5.74, 6) is -0.141. The molecule has 2 N–H and O–H groups in total. The Kier molecular flexibility index (Phi) is 11.0. The number of piperazine rings is 1. The molecule has 5 aromatic carbocycles. The van der Waals surface area contributed by atoms with Gasteiger partial charge < -0.3 is 10.2 Å². The van der Waals surface area contributed by atoms with Crippen LogP contribution in [-0.4, -0.2) is 62.1 Å². The first-order chi connectivity index (χ1) is 25.6. The lowest BCUT2D eigenvalue weighted by Gasteiger charge is -2.46. The predicted octanol–water partition coefficient (Wildman–Crippen LogP) is 7.88. The maximum absolute atomic E-state index is 13.3. The van der Waals surface area contributed by atoms with Gasteiger partial charge in [0.25, 0.3) is 21.6 Å². The highest BCUT2D eigenvalue weighted by atomic mass is 35.5. The summed E-state index contributed by atoms with van der Waals surface area (Å²) in [4.78, 5) is 30.1. The van der Waals surface area contributed by atoms with Crippen molar-refractivity contribution >= 4 is 56.4 Å². The number of hydrogen-bond donors (Lipinski definition) is 2. The van der Waals surface area contributed by atoms with Crippen molar-refractivity contribution in [3.05, 3.63) is 147 Å². The number of fused-ring (bicyclic) bond motifs is 3. The molecule has 272 valence electrons. The van der Waals surface area contributed by atoms with Gasteiger partial charge in [-0.3, -0.25) is 19.8 Å². The number of nitro benzene ring substituents is 1. The van der Waals surface area contributed by atoms with Crippen molar-refractivity contribution in [3.63, 3.8) is 0 Å². The zero-order chi connectivity index (χ0) is 37.0. The minimum atomic E-state index is -4.39.